The van der Waals surface area contributed by atoms with E-state index in [4.69, 9.17) is 4.74 Å². The second kappa shape index (κ2) is 6.30. The summed E-state index contributed by atoms with van der Waals surface area (Å²) in [5.41, 5.74) is 1.55. The Hall–Kier alpha value is -2.82. The first kappa shape index (κ1) is 14.1. The first-order chi connectivity index (χ1) is 10.8. The number of fused-ring (bicyclic) bond motifs is 1. The molecule has 1 N–H and O–H groups in total. The van der Waals surface area contributed by atoms with Crippen molar-refractivity contribution >= 4 is 16.8 Å². The maximum Gasteiger partial charge on any atom is 0.269 e. The molecule has 0 aliphatic heterocycles. The molecule has 1 amide bonds. The van der Waals surface area contributed by atoms with Gasteiger partial charge in [0.25, 0.3) is 5.91 Å². The van der Waals surface area contributed by atoms with Crippen LogP contribution < -0.4 is 10.1 Å². The highest BCUT2D eigenvalue weighted by Crippen LogP contribution is 2.21. The molecule has 0 bridgehead atoms. The molecule has 2 heterocycles. The Morgan fingerprint density at radius 3 is 2.95 bits per heavy atom. The molecule has 0 atom stereocenters. The molecule has 0 unspecified atom stereocenters. The summed E-state index contributed by atoms with van der Waals surface area (Å²) in [6, 6.07) is 13.3. The Morgan fingerprint density at radius 1 is 1.27 bits per heavy atom. The van der Waals surface area contributed by atoms with Crippen molar-refractivity contribution < 1.29 is 9.53 Å². The van der Waals surface area contributed by atoms with Crippen molar-refractivity contribution in [2.24, 2.45) is 0 Å². The van der Waals surface area contributed by atoms with Gasteiger partial charge in [-0.05, 0) is 36.4 Å². The molecule has 0 spiro atoms. The number of carbonyl (C=O) groups is 1. The van der Waals surface area contributed by atoms with Crippen LogP contribution in [0.25, 0.3) is 10.9 Å². The van der Waals surface area contributed by atoms with E-state index < -0.39 is 0 Å². The zero-order valence-corrected chi connectivity index (χ0v) is 12.3. The van der Waals surface area contributed by atoms with E-state index in [9.17, 15) is 4.79 Å². The Labute approximate surface area is 128 Å². The van der Waals surface area contributed by atoms with Crippen molar-refractivity contribution in [1.29, 1.82) is 0 Å². The van der Waals surface area contributed by atoms with Gasteiger partial charge in [-0.3, -0.25) is 9.78 Å². The van der Waals surface area contributed by atoms with Crippen LogP contribution >= 0.6 is 0 Å². The number of hydrogen-bond donors (Lipinski definition) is 1. The van der Waals surface area contributed by atoms with Gasteiger partial charge in [0.2, 0.25) is 0 Å². The van der Waals surface area contributed by atoms with Gasteiger partial charge in [-0.25, -0.2) is 0 Å². The number of amides is 1. The van der Waals surface area contributed by atoms with Crippen LogP contribution in [-0.2, 0) is 6.54 Å². The lowest BCUT2D eigenvalue weighted by molar-refractivity contribution is 0.0947. The summed E-state index contributed by atoms with van der Waals surface area (Å²) in [5.74, 6) is 0.687. The van der Waals surface area contributed by atoms with E-state index in [-0.39, 0.29) is 5.91 Å². The molecule has 5 heteroatoms. The Morgan fingerprint density at radius 2 is 2.18 bits per heavy atom. The largest absolute Gasteiger partial charge is 0.497 e. The number of ether oxygens (including phenoxy) is 1. The van der Waals surface area contributed by atoms with Gasteiger partial charge >= 0.3 is 0 Å². The third kappa shape index (κ3) is 2.93. The summed E-state index contributed by atoms with van der Waals surface area (Å²) in [5, 5.41) is 4.00. The normalized spacial score (nSPS) is 10.6. The first-order valence-electron chi connectivity index (χ1n) is 7.10. The smallest absolute Gasteiger partial charge is 0.269 e. The molecular weight excluding hydrogens is 278 g/mol. The predicted octanol–water partition coefficient (Wildman–Crippen LogP) is 2.47. The number of aromatic nitrogens is 2. The molecule has 22 heavy (non-hydrogen) atoms. The van der Waals surface area contributed by atoms with Crippen LogP contribution in [0.3, 0.4) is 0 Å². The molecule has 0 aliphatic rings. The van der Waals surface area contributed by atoms with Crippen molar-refractivity contribution in [3.8, 4) is 5.75 Å². The van der Waals surface area contributed by atoms with E-state index in [1.807, 2.05) is 30.5 Å². The summed E-state index contributed by atoms with van der Waals surface area (Å²) in [4.78, 5) is 16.0. The van der Waals surface area contributed by atoms with Crippen LogP contribution in [-0.4, -0.2) is 29.1 Å². The van der Waals surface area contributed by atoms with Crippen molar-refractivity contribution in [1.82, 2.24) is 14.9 Å². The number of nitrogens with zero attached hydrogens (tertiary/aromatic N) is 2. The second-order valence-corrected chi connectivity index (χ2v) is 4.90. The lowest BCUT2D eigenvalue weighted by Crippen LogP contribution is -2.27. The van der Waals surface area contributed by atoms with Gasteiger partial charge in [-0.15, -0.1) is 0 Å². The quantitative estimate of drug-likeness (QED) is 0.786. The minimum absolute atomic E-state index is 0.154. The summed E-state index contributed by atoms with van der Waals surface area (Å²) < 4.78 is 7.32. The molecule has 0 radical (unpaired) electrons. The summed E-state index contributed by atoms with van der Waals surface area (Å²) >= 11 is 0. The standard InChI is InChI=1S/C17H17N3O2/c1-22-14-5-6-16-13(12-14)7-10-20(16)11-9-19-17(21)15-4-2-3-8-18-15/h2-8,10,12H,9,11H2,1H3,(H,19,21). The lowest BCUT2D eigenvalue weighted by atomic mass is 10.2. The maximum atomic E-state index is 11.9. The first-order valence-corrected chi connectivity index (χ1v) is 7.10. The Balaban J connectivity index is 1.63. The van der Waals surface area contributed by atoms with Gasteiger partial charge in [0.05, 0.1) is 7.11 Å². The summed E-state index contributed by atoms with van der Waals surface area (Å²) in [6.45, 7) is 1.25. The number of carbonyl (C=O) groups excluding carboxylic acids is 1. The number of nitrogens with one attached hydrogen (secondary N) is 1. The molecule has 3 rings (SSSR count). The number of benzene rings is 1. The molecular formula is C17H17N3O2. The van der Waals surface area contributed by atoms with Crippen LogP contribution in [0, 0.1) is 0 Å². The minimum Gasteiger partial charge on any atom is -0.497 e. The van der Waals surface area contributed by atoms with Gasteiger partial charge in [-0.1, -0.05) is 6.07 Å². The third-order valence-electron chi connectivity index (χ3n) is 3.51. The molecule has 0 aliphatic carbocycles. The van der Waals surface area contributed by atoms with Crippen LogP contribution in [0.2, 0.25) is 0 Å². The molecule has 1 aromatic carbocycles. The average molecular weight is 295 g/mol. The monoisotopic (exact) mass is 295 g/mol. The van der Waals surface area contributed by atoms with E-state index in [0.29, 0.717) is 18.8 Å². The molecule has 5 nitrogen and oxygen atoms in total. The SMILES string of the molecule is COc1ccc2c(ccn2CCNC(=O)c2ccccn2)c1. The molecule has 0 saturated carbocycles. The number of methoxy groups -OCH3 is 1. The topological polar surface area (TPSA) is 56.1 Å². The van der Waals surface area contributed by atoms with E-state index >= 15 is 0 Å². The highest BCUT2D eigenvalue weighted by molar-refractivity contribution is 5.92. The fourth-order valence-electron chi connectivity index (χ4n) is 2.38. The van der Waals surface area contributed by atoms with Crippen LogP contribution in [0.5, 0.6) is 5.75 Å². The summed E-state index contributed by atoms with van der Waals surface area (Å²) in [7, 11) is 1.66. The van der Waals surface area contributed by atoms with Gasteiger partial charge in [0.15, 0.2) is 0 Å². The average Bonchev–Trinajstić information content (AvgIpc) is 2.98. The highest BCUT2D eigenvalue weighted by Gasteiger charge is 2.06. The number of hydrogen-bond acceptors (Lipinski definition) is 3. The number of pyridine rings is 1. The zero-order valence-electron chi connectivity index (χ0n) is 12.3. The van der Waals surface area contributed by atoms with Crippen molar-refractivity contribution in [3.05, 3.63) is 60.6 Å². The lowest BCUT2D eigenvalue weighted by Gasteiger charge is -2.08. The fourth-order valence-corrected chi connectivity index (χ4v) is 2.38. The van der Waals surface area contributed by atoms with E-state index in [1.54, 1.807) is 31.5 Å². The molecule has 3 aromatic rings. The molecule has 0 fully saturated rings. The summed E-state index contributed by atoms with van der Waals surface area (Å²) in [6.07, 6.45) is 3.62. The van der Waals surface area contributed by atoms with E-state index in [0.717, 1.165) is 16.7 Å². The predicted molar refractivity (Wildman–Crippen MR) is 85.1 cm³/mol. The van der Waals surface area contributed by atoms with Crippen molar-refractivity contribution in [3.63, 3.8) is 0 Å². The Kier molecular flexibility index (Phi) is 4.05. The van der Waals surface area contributed by atoms with Crippen LogP contribution in [0.4, 0.5) is 0 Å². The van der Waals surface area contributed by atoms with Gasteiger partial charge in [0, 0.05) is 36.4 Å². The number of rotatable bonds is 5. The fraction of sp³-hybridized carbons (Fsp3) is 0.176. The zero-order chi connectivity index (χ0) is 15.4. The molecule has 0 saturated heterocycles. The van der Waals surface area contributed by atoms with Crippen molar-refractivity contribution in [2.75, 3.05) is 13.7 Å². The van der Waals surface area contributed by atoms with Crippen LogP contribution in [0.1, 0.15) is 10.5 Å². The molecule has 112 valence electrons. The van der Waals surface area contributed by atoms with E-state index in [2.05, 4.69) is 14.9 Å². The van der Waals surface area contributed by atoms with Gasteiger partial charge < -0.3 is 14.6 Å². The van der Waals surface area contributed by atoms with Crippen LogP contribution in [0.15, 0.2) is 54.9 Å². The third-order valence-corrected chi connectivity index (χ3v) is 3.51. The van der Waals surface area contributed by atoms with Crippen molar-refractivity contribution in [2.45, 2.75) is 6.54 Å². The second-order valence-electron chi connectivity index (χ2n) is 4.90. The Bertz CT molecular complexity index is 781. The highest BCUT2D eigenvalue weighted by atomic mass is 16.5. The van der Waals surface area contributed by atoms with Gasteiger partial charge in [-0.2, -0.15) is 0 Å². The minimum atomic E-state index is -0.154. The van der Waals surface area contributed by atoms with Gasteiger partial charge in [0.1, 0.15) is 11.4 Å². The maximum absolute atomic E-state index is 11.9. The molecule has 2 aromatic heterocycles. The van der Waals surface area contributed by atoms with E-state index in [1.165, 1.54) is 0 Å².